The van der Waals surface area contributed by atoms with Gasteiger partial charge in [-0.3, -0.25) is 9.69 Å². The number of likely N-dealkylation sites (N-methyl/N-ethyl adjacent to an activating group) is 1. The van der Waals surface area contributed by atoms with Gasteiger partial charge in [-0.05, 0) is 98.7 Å². The Morgan fingerprint density at radius 3 is 2.77 bits per heavy atom. The van der Waals surface area contributed by atoms with E-state index in [0.717, 1.165) is 36.1 Å². The minimum Gasteiger partial charge on any atom is -0.504 e. The molecule has 0 unspecified atom stereocenters. The van der Waals surface area contributed by atoms with Gasteiger partial charge < -0.3 is 15.2 Å². The molecule has 7 rings (SSSR count). The number of piperidine rings is 1. The van der Waals surface area contributed by atoms with Crippen molar-refractivity contribution in [2.75, 3.05) is 20.1 Å². The number of nitrogens with one attached hydrogen (secondary N) is 1. The second-order valence-electron chi connectivity index (χ2n) is 11.7. The SMILES string of the molecule is CNC(=O)/C=C/c1cccc(C(F)(F)F)c1.Oc1ccc2c3c1O[C@H]1CCC[C@H]4[C@@H](C2)N(CC2CC2)CC[C@]314. The fourth-order valence-corrected chi connectivity index (χ4v) is 7.53. The molecule has 1 saturated heterocycles. The number of nitrogens with zero attached hydrogens (tertiary/aromatic N) is 1. The molecule has 2 aromatic rings. The smallest absolute Gasteiger partial charge is 0.416 e. The van der Waals surface area contributed by atoms with Crippen molar-refractivity contribution in [1.29, 1.82) is 0 Å². The molecule has 2 bridgehead atoms. The molecule has 2 heterocycles. The maximum Gasteiger partial charge on any atom is 0.416 e. The van der Waals surface area contributed by atoms with Gasteiger partial charge in [0.2, 0.25) is 5.91 Å². The standard InChI is InChI=1S/C20H25NO2.C11H10F3NO/c22-16-7-6-13-10-15-14-2-1-3-17-20(14,18(13)19(16)23-17)8-9-21(15)11-12-4-5-12;1-15-10(16)6-5-8-3-2-4-9(7-8)11(12,13)14/h6-7,12,14-15,17,22H,1-5,8-11H2;2-7H,1H3,(H,15,16)/b;6-5+/t14-,15+,17-,20+;/m0./s1. The number of aromatic hydroxyl groups is 1. The highest BCUT2D eigenvalue weighted by Crippen LogP contribution is 2.63. The van der Waals surface area contributed by atoms with Crippen LogP contribution in [0.1, 0.15) is 60.8 Å². The summed E-state index contributed by atoms with van der Waals surface area (Å²) in [4.78, 5) is 13.7. The highest BCUT2D eigenvalue weighted by Gasteiger charge is 2.63. The number of hydrogen-bond acceptors (Lipinski definition) is 4. The zero-order chi connectivity index (χ0) is 27.4. The average Bonchev–Trinajstić information content (AvgIpc) is 3.68. The molecule has 2 saturated carbocycles. The van der Waals surface area contributed by atoms with Crippen molar-refractivity contribution in [3.8, 4) is 11.5 Å². The first-order valence-electron chi connectivity index (χ1n) is 14.0. The number of carbonyl (C=O) groups is 1. The van der Waals surface area contributed by atoms with Crippen LogP contribution >= 0.6 is 0 Å². The summed E-state index contributed by atoms with van der Waals surface area (Å²) in [6, 6.07) is 9.51. The number of halogens is 3. The lowest BCUT2D eigenvalue weighted by molar-refractivity contribution is -0.137. The van der Waals surface area contributed by atoms with Crippen LogP contribution in [-0.2, 0) is 22.8 Å². The van der Waals surface area contributed by atoms with E-state index in [1.807, 2.05) is 6.07 Å². The number of hydrogen-bond donors (Lipinski definition) is 2. The lowest BCUT2D eigenvalue weighted by Crippen LogP contribution is -2.64. The van der Waals surface area contributed by atoms with Crippen LogP contribution in [0.15, 0.2) is 42.5 Å². The van der Waals surface area contributed by atoms with Gasteiger partial charge in [0.15, 0.2) is 11.5 Å². The maximum atomic E-state index is 12.3. The van der Waals surface area contributed by atoms with Gasteiger partial charge in [-0.25, -0.2) is 0 Å². The summed E-state index contributed by atoms with van der Waals surface area (Å²) >= 11 is 0. The molecule has 1 amide bonds. The van der Waals surface area contributed by atoms with Crippen molar-refractivity contribution in [3.05, 3.63) is 64.7 Å². The van der Waals surface area contributed by atoms with Crippen LogP contribution in [-0.4, -0.2) is 48.2 Å². The summed E-state index contributed by atoms with van der Waals surface area (Å²) in [5.74, 6) is 2.56. The second kappa shape index (κ2) is 9.88. The Morgan fingerprint density at radius 1 is 1.21 bits per heavy atom. The van der Waals surface area contributed by atoms with Crippen LogP contribution < -0.4 is 10.1 Å². The van der Waals surface area contributed by atoms with Gasteiger partial charge in [0.1, 0.15) is 6.10 Å². The number of phenolic OH excluding ortho intramolecular Hbond substituents is 1. The molecule has 208 valence electrons. The molecule has 3 aliphatic carbocycles. The summed E-state index contributed by atoms with van der Waals surface area (Å²) in [5, 5.41) is 12.7. The number of rotatable bonds is 4. The molecule has 4 atom stereocenters. The molecule has 2 aromatic carbocycles. The number of amides is 1. The third-order valence-corrected chi connectivity index (χ3v) is 9.42. The van der Waals surface area contributed by atoms with Crippen molar-refractivity contribution in [1.82, 2.24) is 10.2 Å². The highest BCUT2D eigenvalue weighted by molar-refractivity contribution is 5.91. The number of likely N-dealkylation sites (tertiary alicyclic amines) is 1. The van der Waals surface area contributed by atoms with E-state index < -0.39 is 11.7 Å². The van der Waals surface area contributed by atoms with Gasteiger partial charge in [0.25, 0.3) is 0 Å². The van der Waals surface area contributed by atoms with Crippen LogP contribution in [0.5, 0.6) is 11.5 Å². The van der Waals surface area contributed by atoms with Gasteiger partial charge in [-0.15, -0.1) is 0 Å². The zero-order valence-electron chi connectivity index (χ0n) is 22.1. The topological polar surface area (TPSA) is 61.8 Å². The second-order valence-corrected chi connectivity index (χ2v) is 11.7. The predicted octanol–water partition coefficient (Wildman–Crippen LogP) is 5.70. The summed E-state index contributed by atoms with van der Waals surface area (Å²) in [5.41, 5.74) is 2.69. The van der Waals surface area contributed by atoms with Gasteiger partial charge in [0, 0.05) is 36.7 Å². The normalized spacial score (nSPS) is 28.8. The fraction of sp³-hybridized carbons (Fsp3) is 0.516. The minimum atomic E-state index is -4.36. The first-order chi connectivity index (χ1) is 18.7. The summed E-state index contributed by atoms with van der Waals surface area (Å²) in [7, 11) is 1.44. The van der Waals surface area contributed by atoms with Crippen molar-refractivity contribution >= 4 is 12.0 Å². The van der Waals surface area contributed by atoms with Crippen LogP contribution in [0, 0.1) is 11.8 Å². The van der Waals surface area contributed by atoms with Gasteiger partial charge in [0.05, 0.1) is 5.56 Å². The molecule has 2 aliphatic heterocycles. The average molecular weight is 541 g/mol. The first kappa shape index (κ1) is 26.2. The third-order valence-electron chi connectivity index (χ3n) is 9.42. The Bertz CT molecular complexity index is 1290. The predicted molar refractivity (Wildman–Crippen MR) is 142 cm³/mol. The van der Waals surface area contributed by atoms with Crippen molar-refractivity contribution in [2.24, 2.45) is 11.8 Å². The van der Waals surface area contributed by atoms with E-state index in [1.165, 1.54) is 94.1 Å². The van der Waals surface area contributed by atoms with Gasteiger partial charge in [-0.2, -0.15) is 13.2 Å². The minimum absolute atomic E-state index is 0.213. The zero-order valence-corrected chi connectivity index (χ0v) is 22.1. The van der Waals surface area contributed by atoms with E-state index in [9.17, 15) is 23.1 Å². The molecule has 3 fully saturated rings. The van der Waals surface area contributed by atoms with E-state index in [1.54, 1.807) is 0 Å². The molecule has 5 nitrogen and oxygen atoms in total. The molecule has 0 aromatic heterocycles. The Kier molecular flexibility index (Phi) is 6.64. The number of carbonyl (C=O) groups excluding carboxylic acids is 1. The molecule has 0 radical (unpaired) electrons. The van der Waals surface area contributed by atoms with Crippen LogP contribution in [0.25, 0.3) is 6.08 Å². The molecule has 39 heavy (non-hydrogen) atoms. The molecule has 1 spiro atoms. The summed E-state index contributed by atoms with van der Waals surface area (Å²) < 4.78 is 43.4. The fourth-order valence-electron chi connectivity index (χ4n) is 7.53. The van der Waals surface area contributed by atoms with Crippen molar-refractivity contribution in [2.45, 2.75) is 68.7 Å². The Hall–Kier alpha value is -3.00. The lowest BCUT2D eigenvalue weighted by atomic mass is 9.52. The largest absolute Gasteiger partial charge is 0.504 e. The number of phenols is 1. The van der Waals surface area contributed by atoms with E-state index >= 15 is 0 Å². The van der Waals surface area contributed by atoms with Crippen LogP contribution in [0.4, 0.5) is 13.2 Å². The maximum absolute atomic E-state index is 12.3. The van der Waals surface area contributed by atoms with Crippen LogP contribution in [0.3, 0.4) is 0 Å². The third kappa shape index (κ3) is 4.71. The lowest BCUT2D eigenvalue weighted by Gasteiger charge is -2.58. The molecular weight excluding hydrogens is 505 g/mol. The van der Waals surface area contributed by atoms with E-state index in [2.05, 4.69) is 16.3 Å². The Labute approximate surface area is 227 Å². The Balaban J connectivity index is 0.000000154. The summed E-state index contributed by atoms with van der Waals surface area (Å²) in [6.07, 6.45) is 7.54. The van der Waals surface area contributed by atoms with Gasteiger partial charge >= 0.3 is 6.18 Å². The molecule has 5 aliphatic rings. The first-order valence-corrected chi connectivity index (χ1v) is 14.0. The summed E-state index contributed by atoms with van der Waals surface area (Å²) in [6.45, 7) is 2.55. The highest BCUT2D eigenvalue weighted by atomic mass is 19.4. The van der Waals surface area contributed by atoms with E-state index in [-0.39, 0.29) is 11.3 Å². The van der Waals surface area contributed by atoms with E-state index in [0.29, 0.717) is 23.5 Å². The monoisotopic (exact) mass is 540 g/mol. The number of alkyl halides is 3. The Morgan fingerprint density at radius 2 is 2.03 bits per heavy atom. The number of benzene rings is 2. The van der Waals surface area contributed by atoms with E-state index in [4.69, 9.17) is 4.74 Å². The van der Waals surface area contributed by atoms with Crippen molar-refractivity contribution < 1.29 is 27.8 Å². The molecule has 8 heteroatoms. The van der Waals surface area contributed by atoms with Gasteiger partial charge in [-0.1, -0.05) is 18.2 Å². The molecular formula is C31H35F3N2O3. The quantitative estimate of drug-likeness (QED) is 0.489. The molecule has 2 N–H and O–H groups in total. The van der Waals surface area contributed by atoms with Crippen LogP contribution in [0.2, 0.25) is 0 Å². The van der Waals surface area contributed by atoms with Crippen molar-refractivity contribution in [3.63, 3.8) is 0 Å². The number of ether oxygens (including phenoxy) is 1.